The van der Waals surface area contributed by atoms with Gasteiger partial charge in [-0.05, 0) is 107 Å². The Labute approximate surface area is 342 Å². The zero-order valence-corrected chi connectivity index (χ0v) is 34.1. The second-order valence-electron chi connectivity index (χ2n) is 14.0. The van der Waals surface area contributed by atoms with Crippen LogP contribution in [-0.2, 0) is 19.3 Å². The van der Waals surface area contributed by atoms with Crippen molar-refractivity contribution in [2.45, 2.75) is 40.0 Å². The summed E-state index contributed by atoms with van der Waals surface area (Å²) in [5, 5.41) is 3.45. The molecule has 10 rings (SSSR count). The van der Waals surface area contributed by atoms with E-state index in [2.05, 4.69) is 148 Å². The molecule has 0 bridgehead atoms. The van der Waals surface area contributed by atoms with Gasteiger partial charge >= 0.3 is 0 Å². The summed E-state index contributed by atoms with van der Waals surface area (Å²) < 4.78 is 3.62. The Balaban J connectivity index is 1.09. The number of aromatic nitrogens is 6. The summed E-state index contributed by atoms with van der Waals surface area (Å²) in [5.74, 6) is 1.84. The van der Waals surface area contributed by atoms with Gasteiger partial charge in [-0.15, -0.1) is 34.0 Å². The van der Waals surface area contributed by atoms with Crippen molar-refractivity contribution in [3.05, 3.63) is 142 Å². The van der Waals surface area contributed by atoms with Crippen LogP contribution < -0.4 is 0 Å². The topological polar surface area (TPSA) is 77.3 Å². The van der Waals surface area contributed by atoms with Gasteiger partial charge in [0.15, 0.2) is 17.5 Å². The number of hydrogen-bond donors (Lipinski definition) is 0. The van der Waals surface area contributed by atoms with Gasteiger partial charge in [-0.25, -0.2) is 29.9 Å². The Morgan fingerprint density at radius 3 is 0.895 bits per heavy atom. The second-order valence-corrected chi connectivity index (χ2v) is 17.3. The van der Waals surface area contributed by atoms with Gasteiger partial charge < -0.3 is 0 Å². The molecule has 6 nitrogen and oxygen atoms in total. The summed E-state index contributed by atoms with van der Waals surface area (Å²) >= 11 is 5.28. The van der Waals surface area contributed by atoms with Crippen LogP contribution in [0.2, 0.25) is 0 Å². The fourth-order valence-corrected chi connectivity index (χ4v) is 9.86. The van der Waals surface area contributed by atoms with E-state index < -0.39 is 0 Å². The molecule has 0 aliphatic carbocycles. The average Bonchev–Trinajstić information content (AvgIpc) is 4.02. The number of aryl methyl sites for hydroxylation is 3. The van der Waals surface area contributed by atoms with Gasteiger partial charge in [0.1, 0.15) is 0 Å². The molecule has 9 heteroatoms. The Bertz CT molecular complexity index is 2780. The predicted molar refractivity (Wildman–Crippen MR) is 240 cm³/mol. The lowest BCUT2D eigenvalue weighted by molar-refractivity contribution is 1.07. The van der Waals surface area contributed by atoms with Gasteiger partial charge in [-0.3, -0.25) is 0 Å². The molecule has 0 saturated carbocycles. The number of hydrogen-bond acceptors (Lipinski definition) is 9. The smallest absolute Gasteiger partial charge is 0.164 e. The minimum Gasteiger partial charge on any atom is -0.241 e. The van der Waals surface area contributed by atoms with E-state index >= 15 is 0 Å². The molecule has 0 aliphatic heterocycles. The molecule has 0 aliphatic rings. The first-order valence-corrected chi connectivity index (χ1v) is 21.7. The largest absolute Gasteiger partial charge is 0.241 e. The average molecular weight is 793 g/mol. The van der Waals surface area contributed by atoms with Crippen molar-refractivity contribution in [1.29, 1.82) is 0 Å². The first kappa shape index (κ1) is 35.4. The zero-order valence-electron chi connectivity index (χ0n) is 31.7. The molecule has 0 radical (unpaired) electrons. The normalized spacial score (nSPS) is 11.6. The lowest BCUT2D eigenvalue weighted by Crippen LogP contribution is -2.00. The Kier molecular flexibility index (Phi) is 9.21. The van der Waals surface area contributed by atoms with Crippen molar-refractivity contribution in [2.24, 2.45) is 0 Å². The maximum absolute atomic E-state index is 5.17. The summed E-state index contributed by atoms with van der Waals surface area (Å²) in [6, 6.07) is 45.0. The molecule has 0 spiro atoms. The highest BCUT2D eigenvalue weighted by atomic mass is 32.1. The van der Waals surface area contributed by atoms with Crippen LogP contribution in [0.4, 0.5) is 0 Å². The number of fused-ring (bicyclic) bond motifs is 3. The van der Waals surface area contributed by atoms with E-state index in [1.54, 1.807) is 34.0 Å². The van der Waals surface area contributed by atoms with Crippen LogP contribution in [0.15, 0.2) is 127 Å². The maximum atomic E-state index is 5.17. The number of thiazole rings is 3. The molecule has 0 fully saturated rings. The second kappa shape index (κ2) is 14.8. The van der Waals surface area contributed by atoms with E-state index in [1.165, 1.54) is 14.1 Å². The molecular formula is C48H36N6S3. The first-order chi connectivity index (χ1) is 28.0. The Hall–Kier alpha value is -6.00. The molecular weight excluding hydrogens is 757 g/mol. The van der Waals surface area contributed by atoms with Crippen LogP contribution in [0.5, 0.6) is 0 Å². The molecule has 0 amide bonds. The lowest BCUT2D eigenvalue weighted by atomic mass is 10.0. The van der Waals surface area contributed by atoms with Crippen LogP contribution in [0, 0.1) is 0 Å². The standard InChI is InChI=1S/C48H36N6S3/c1-4-43-49-37-25-31(16-19-40(37)55-43)28-10-7-13-34(22-28)46-52-47(35-14-8-11-29(23-35)32-17-20-41-38(26-32)50-44(5-2)56-41)54-48(53-46)36-15-9-12-30(24-36)33-18-21-42-39(27-33)51-45(6-3)57-42/h7-27H,4-6H2,1-3H3. The van der Waals surface area contributed by atoms with Crippen molar-refractivity contribution < 1.29 is 0 Å². The Morgan fingerprint density at radius 1 is 0.316 bits per heavy atom. The van der Waals surface area contributed by atoms with Gasteiger partial charge in [-0.2, -0.15) is 0 Å². The van der Waals surface area contributed by atoms with Gasteiger partial charge in [0.05, 0.1) is 45.7 Å². The van der Waals surface area contributed by atoms with Crippen molar-refractivity contribution in [2.75, 3.05) is 0 Å². The fraction of sp³-hybridized carbons (Fsp3) is 0.125. The van der Waals surface area contributed by atoms with E-state index in [1.807, 2.05) is 0 Å². The van der Waals surface area contributed by atoms with Gasteiger partial charge in [-0.1, -0.05) is 93.6 Å². The highest BCUT2D eigenvalue weighted by molar-refractivity contribution is 7.19. The van der Waals surface area contributed by atoms with Crippen molar-refractivity contribution in [3.63, 3.8) is 0 Å². The van der Waals surface area contributed by atoms with E-state index in [9.17, 15) is 0 Å². The van der Waals surface area contributed by atoms with E-state index in [0.29, 0.717) is 17.5 Å². The third-order valence-electron chi connectivity index (χ3n) is 10.2. The molecule has 4 heterocycles. The van der Waals surface area contributed by atoms with E-state index in [4.69, 9.17) is 29.9 Å². The monoisotopic (exact) mass is 792 g/mol. The Morgan fingerprint density at radius 2 is 0.596 bits per heavy atom. The molecule has 0 saturated heterocycles. The minimum atomic E-state index is 0.614. The molecule has 6 aromatic carbocycles. The van der Waals surface area contributed by atoms with E-state index in [-0.39, 0.29) is 0 Å². The van der Waals surface area contributed by atoms with Crippen molar-refractivity contribution >= 4 is 64.7 Å². The summed E-state index contributed by atoms with van der Waals surface area (Å²) in [4.78, 5) is 30.1. The van der Waals surface area contributed by atoms with Crippen molar-refractivity contribution in [3.8, 4) is 67.5 Å². The molecule has 4 aromatic heterocycles. The molecule has 0 atom stereocenters. The van der Waals surface area contributed by atoms with Gasteiger partial charge in [0.25, 0.3) is 0 Å². The quantitative estimate of drug-likeness (QED) is 0.145. The summed E-state index contributed by atoms with van der Waals surface area (Å²) in [6.07, 6.45) is 2.80. The molecule has 276 valence electrons. The maximum Gasteiger partial charge on any atom is 0.164 e. The van der Waals surface area contributed by atoms with E-state index in [0.717, 1.165) is 101 Å². The van der Waals surface area contributed by atoms with Crippen LogP contribution in [0.3, 0.4) is 0 Å². The summed E-state index contributed by atoms with van der Waals surface area (Å²) in [7, 11) is 0. The molecule has 57 heavy (non-hydrogen) atoms. The van der Waals surface area contributed by atoms with Gasteiger partial charge in [0, 0.05) is 16.7 Å². The SMILES string of the molecule is CCc1nc2cc(-c3cccc(-c4nc(-c5cccc(-c6ccc7sc(CC)nc7c6)c5)nc(-c5cccc(-c6ccc7sc(CC)nc7c6)c5)n4)c3)ccc2s1. The zero-order chi connectivity index (χ0) is 38.5. The van der Waals surface area contributed by atoms with Crippen LogP contribution in [-0.4, -0.2) is 29.9 Å². The number of nitrogens with zero attached hydrogens (tertiary/aromatic N) is 6. The van der Waals surface area contributed by atoms with Crippen LogP contribution >= 0.6 is 34.0 Å². The third kappa shape index (κ3) is 6.92. The molecule has 0 N–H and O–H groups in total. The number of benzene rings is 6. The third-order valence-corrected chi connectivity index (χ3v) is 13.7. The van der Waals surface area contributed by atoms with Crippen LogP contribution in [0.25, 0.3) is 98.2 Å². The molecule has 0 unspecified atom stereocenters. The summed E-state index contributed by atoms with van der Waals surface area (Å²) in [6.45, 7) is 6.45. The first-order valence-electron chi connectivity index (χ1n) is 19.3. The summed E-state index contributed by atoms with van der Waals surface area (Å²) in [5.41, 5.74) is 12.4. The van der Waals surface area contributed by atoms with Crippen LogP contribution in [0.1, 0.15) is 35.8 Å². The van der Waals surface area contributed by atoms with Gasteiger partial charge in [0.2, 0.25) is 0 Å². The van der Waals surface area contributed by atoms with Crippen molar-refractivity contribution in [1.82, 2.24) is 29.9 Å². The minimum absolute atomic E-state index is 0.614. The number of rotatable bonds is 9. The highest BCUT2D eigenvalue weighted by Crippen LogP contribution is 2.35. The molecule has 10 aromatic rings. The lowest BCUT2D eigenvalue weighted by Gasteiger charge is -2.11. The highest BCUT2D eigenvalue weighted by Gasteiger charge is 2.16. The fourth-order valence-electron chi connectivity index (χ4n) is 7.19. The predicted octanol–water partition coefficient (Wildman–Crippen LogP) is 13.4.